The third kappa shape index (κ3) is 2.05. The molecule has 0 aliphatic carbocycles. The van der Waals surface area contributed by atoms with E-state index in [1.807, 2.05) is 0 Å². The molecular formula is C8H14BN3O2S2. The van der Waals surface area contributed by atoms with Crippen LogP contribution in [0.15, 0.2) is 0 Å². The summed E-state index contributed by atoms with van der Waals surface area (Å²) in [5.74, 6) is 1.17. The molecule has 2 aliphatic rings. The van der Waals surface area contributed by atoms with Gasteiger partial charge in [-0.05, 0) is 0 Å². The highest BCUT2D eigenvalue weighted by molar-refractivity contribution is 8.25. The Morgan fingerprint density at radius 3 is 3.06 bits per heavy atom. The second-order valence-electron chi connectivity index (χ2n) is 3.86. The summed E-state index contributed by atoms with van der Waals surface area (Å²) in [5.41, 5.74) is 0. The van der Waals surface area contributed by atoms with E-state index < -0.39 is 6.04 Å². The SMILES string of the molecule is CN1CCSB2NCC(=O)N2C(CS)C1=O. The Kier molecular flexibility index (Phi) is 3.71. The first kappa shape index (κ1) is 12.1. The van der Waals surface area contributed by atoms with Crippen LogP contribution in [0, 0.1) is 0 Å². The molecule has 5 nitrogen and oxygen atoms in total. The van der Waals surface area contributed by atoms with Crippen molar-refractivity contribution in [3.63, 3.8) is 0 Å². The van der Waals surface area contributed by atoms with Crippen molar-refractivity contribution < 1.29 is 9.59 Å². The zero-order chi connectivity index (χ0) is 11.7. The second-order valence-corrected chi connectivity index (χ2v) is 5.42. The van der Waals surface area contributed by atoms with Gasteiger partial charge in [0.05, 0.1) is 6.54 Å². The summed E-state index contributed by atoms with van der Waals surface area (Å²) in [7, 11) is 1.77. The molecule has 0 saturated carbocycles. The number of rotatable bonds is 1. The highest BCUT2D eigenvalue weighted by Gasteiger charge is 2.44. The molecule has 0 aromatic heterocycles. The molecule has 0 radical (unpaired) electrons. The van der Waals surface area contributed by atoms with Crippen LogP contribution in [-0.2, 0) is 9.59 Å². The van der Waals surface area contributed by atoms with Gasteiger partial charge >= 0.3 is 6.26 Å². The fraction of sp³-hybridized carbons (Fsp3) is 0.750. The molecule has 1 N–H and O–H groups in total. The van der Waals surface area contributed by atoms with Crippen molar-refractivity contribution in [1.29, 1.82) is 0 Å². The minimum absolute atomic E-state index is 0.0137. The first-order chi connectivity index (χ1) is 7.65. The van der Waals surface area contributed by atoms with Crippen molar-refractivity contribution in [1.82, 2.24) is 14.9 Å². The second kappa shape index (κ2) is 4.89. The minimum atomic E-state index is -0.436. The van der Waals surface area contributed by atoms with Gasteiger partial charge in [-0.15, -0.1) is 0 Å². The lowest BCUT2D eigenvalue weighted by Gasteiger charge is -2.34. The van der Waals surface area contributed by atoms with E-state index in [0.717, 1.165) is 5.75 Å². The third-order valence-corrected chi connectivity index (χ3v) is 4.31. The summed E-state index contributed by atoms with van der Waals surface area (Å²) in [6.45, 7) is 1.03. The molecule has 2 saturated heterocycles. The molecule has 2 heterocycles. The molecule has 0 bridgehead atoms. The van der Waals surface area contributed by atoms with Crippen molar-refractivity contribution >= 4 is 42.3 Å². The largest absolute Gasteiger partial charge is 0.414 e. The maximum atomic E-state index is 12.1. The summed E-state index contributed by atoms with van der Waals surface area (Å²) >= 11 is 5.85. The summed E-state index contributed by atoms with van der Waals surface area (Å²) in [5, 5.41) is 3.11. The Hall–Kier alpha value is -0.335. The van der Waals surface area contributed by atoms with Crippen LogP contribution in [0.3, 0.4) is 0 Å². The molecule has 1 unspecified atom stereocenters. The van der Waals surface area contributed by atoms with E-state index in [9.17, 15) is 9.59 Å². The molecule has 2 rings (SSSR count). The number of hydrogen-bond donors (Lipinski definition) is 2. The van der Waals surface area contributed by atoms with Gasteiger partial charge in [0, 0.05) is 25.1 Å². The molecule has 2 aliphatic heterocycles. The maximum absolute atomic E-state index is 12.1. The van der Waals surface area contributed by atoms with Gasteiger partial charge in [0.1, 0.15) is 6.04 Å². The smallest absolute Gasteiger partial charge is 0.349 e. The average Bonchev–Trinajstić information content (AvgIpc) is 2.60. The quantitative estimate of drug-likeness (QED) is 0.464. The van der Waals surface area contributed by atoms with Crippen molar-refractivity contribution in [2.75, 3.05) is 31.6 Å². The maximum Gasteiger partial charge on any atom is 0.414 e. The highest BCUT2D eigenvalue weighted by Crippen LogP contribution is 2.21. The van der Waals surface area contributed by atoms with Crippen molar-refractivity contribution in [2.45, 2.75) is 6.04 Å². The normalized spacial score (nSPS) is 26.9. The van der Waals surface area contributed by atoms with Crippen molar-refractivity contribution in [3.05, 3.63) is 0 Å². The molecule has 1 atom stereocenters. The lowest BCUT2D eigenvalue weighted by molar-refractivity contribution is -0.138. The predicted octanol–water partition coefficient (Wildman–Crippen LogP) is -1.09. The van der Waals surface area contributed by atoms with Gasteiger partial charge in [0.15, 0.2) is 0 Å². The third-order valence-electron chi connectivity index (χ3n) is 2.84. The van der Waals surface area contributed by atoms with Crippen molar-refractivity contribution in [3.8, 4) is 0 Å². The molecule has 88 valence electrons. The molecular weight excluding hydrogens is 245 g/mol. The van der Waals surface area contributed by atoms with E-state index in [4.69, 9.17) is 0 Å². The molecule has 0 aromatic carbocycles. The van der Waals surface area contributed by atoms with Gasteiger partial charge in [-0.1, -0.05) is 0 Å². The van der Waals surface area contributed by atoms with Gasteiger partial charge in [-0.2, -0.15) is 24.2 Å². The fourth-order valence-corrected chi connectivity index (χ4v) is 3.48. The van der Waals surface area contributed by atoms with Crippen molar-refractivity contribution in [2.24, 2.45) is 0 Å². The summed E-state index contributed by atoms with van der Waals surface area (Å²) in [4.78, 5) is 27.1. The first-order valence-electron chi connectivity index (χ1n) is 5.17. The predicted molar refractivity (Wildman–Crippen MR) is 68.3 cm³/mol. The average molecular weight is 259 g/mol. The molecule has 8 heteroatoms. The van der Waals surface area contributed by atoms with E-state index in [2.05, 4.69) is 17.9 Å². The minimum Gasteiger partial charge on any atom is -0.349 e. The van der Waals surface area contributed by atoms with E-state index in [1.54, 1.807) is 28.4 Å². The van der Waals surface area contributed by atoms with E-state index in [1.165, 1.54) is 0 Å². The lowest BCUT2D eigenvalue weighted by Crippen LogP contribution is -2.56. The van der Waals surface area contributed by atoms with Gasteiger partial charge in [0.25, 0.3) is 0 Å². The number of carbonyl (C=O) groups is 2. The number of thiol groups is 1. The summed E-state index contributed by atoms with van der Waals surface area (Å²) < 4.78 is 0. The molecule has 0 aromatic rings. The fourth-order valence-electron chi connectivity index (χ4n) is 1.92. The first-order valence-corrected chi connectivity index (χ1v) is 6.85. The van der Waals surface area contributed by atoms with E-state index >= 15 is 0 Å². The van der Waals surface area contributed by atoms with Crippen LogP contribution in [0.5, 0.6) is 0 Å². The summed E-state index contributed by atoms with van der Waals surface area (Å²) in [6, 6.07) is -0.436. The van der Waals surface area contributed by atoms with Crippen LogP contribution >= 0.6 is 24.2 Å². The standard InChI is InChI=1S/C8H14BN3O2S2/c1-11-2-3-16-9-10-4-7(13)12(9)6(5-15)8(11)14/h6,10,15H,2-5H2,1H3. The number of nitrogens with zero attached hydrogens (tertiary/aromatic N) is 2. The number of nitrogens with one attached hydrogen (secondary N) is 1. The number of likely N-dealkylation sites (N-methyl/N-ethyl adjacent to an activating group) is 1. The van der Waals surface area contributed by atoms with Gasteiger partial charge in [-0.25, -0.2) is 0 Å². The Balaban J connectivity index is 2.25. The topological polar surface area (TPSA) is 52.7 Å². The molecule has 16 heavy (non-hydrogen) atoms. The molecule has 2 amide bonds. The highest BCUT2D eigenvalue weighted by atomic mass is 32.2. The zero-order valence-electron chi connectivity index (χ0n) is 9.05. The van der Waals surface area contributed by atoms with Crippen LogP contribution in [0.4, 0.5) is 0 Å². The van der Waals surface area contributed by atoms with Crippen LogP contribution < -0.4 is 5.23 Å². The number of hydrogen-bond acceptors (Lipinski definition) is 5. The Bertz CT molecular complexity index is 318. The van der Waals surface area contributed by atoms with Crippen LogP contribution in [0.2, 0.25) is 0 Å². The Labute approximate surface area is 105 Å². The molecule has 2 fully saturated rings. The molecule has 0 spiro atoms. The monoisotopic (exact) mass is 259 g/mol. The van der Waals surface area contributed by atoms with Gasteiger partial charge < -0.3 is 14.9 Å². The van der Waals surface area contributed by atoms with Crippen LogP contribution in [-0.4, -0.2) is 65.5 Å². The zero-order valence-corrected chi connectivity index (χ0v) is 10.8. The van der Waals surface area contributed by atoms with Gasteiger partial charge in [-0.3, -0.25) is 9.59 Å². The lowest BCUT2D eigenvalue weighted by atomic mass is 10.0. The summed E-state index contributed by atoms with van der Waals surface area (Å²) in [6.07, 6.45) is -0.0673. The van der Waals surface area contributed by atoms with Crippen LogP contribution in [0.1, 0.15) is 0 Å². The number of fused-ring (bicyclic) bond motifs is 1. The van der Waals surface area contributed by atoms with E-state index in [-0.39, 0.29) is 18.1 Å². The Morgan fingerprint density at radius 1 is 1.62 bits per heavy atom. The van der Waals surface area contributed by atoms with E-state index in [0.29, 0.717) is 18.8 Å². The Morgan fingerprint density at radius 2 is 2.38 bits per heavy atom. The number of amides is 2. The van der Waals surface area contributed by atoms with Gasteiger partial charge in [0.2, 0.25) is 11.8 Å². The van der Waals surface area contributed by atoms with Crippen LogP contribution in [0.25, 0.3) is 0 Å². The number of carbonyl (C=O) groups excluding carboxylic acids is 2.